The average molecular weight is 1360 g/mol. The monoisotopic (exact) mass is 1360 g/mol. The summed E-state index contributed by atoms with van der Waals surface area (Å²) in [5.41, 5.74) is 24.5. The van der Waals surface area contributed by atoms with Crippen molar-refractivity contribution in [2.75, 3.05) is 0 Å². The highest BCUT2D eigenvalue weighted by Gasteiger charge is 2.28. The van der Waals surface area contributed by atoms with Gasteiger partial charge in [0.05, 0.1) is 55.6 Å². The van der Waals surface area contributed by atoms with Gasteiger partial charge < -0.3 is 8.83 Å². The van der Waals surface area contributed by atoms with E-state index in [1.165, 1.54) is 5.56 Å². The number of aromatic nitrogens is 10. The van der Waals surface area contributed by atoms with E-state index in [2.05, 4.69) is 166 Å². The van der Waals surface area contributed by atoms with Crippen LogP contribution in [0.2, 0.25) is 0 Å². The average Bonchev–Trinajstić information content (AvgIpc) is 1.57. The van der Waals surface area contributed by atoms with Crippen LogP contribution in [-0.2, 0) is 0 Å². The van der Waals surface area contributed by atoms with Crippen LogP contribution in [0.5, 0.6) is 0 Å². The van der Waals surface area contributed by atoms with Crippen molar-refractivity contribution in [3.8, 4) is 135 Å². The highest BCUT2D eigenvalue weighted by Crippen LogP contribution is 2.49. The summed E-state index contributed by atoms with van der Waals surface area (Å²) in [6.07, 6.45) is 14.5. The smallest absolute Gasteiger partial charge is 0.160 e. The van der Waals surface area contributed by atoms with Crippen molar-refractivity contribution in [3.05, 3.63) is 353 Å². The second-order valence-electron chi connectivity index (χ2n) is 25.8. The Morgan fingerprint density at radius 3 is 1.07 bits per heavy atom. The molecule has 0 unspecified atom stereocenters. The molecule has 10 aromatic heterocycles. The van der Waals surface area contributed by atoms with E-state index in [-0.39, 0.29) is 0 Å². The maximum Gasteiger partial charge on any atom is 0.160 e. The molecule has 106 heavy (non-hydrogen) atoms. The van der Waals surface area contributed by atoms with Crippen LogP contribution >= 0.6 is 0 Å². The zero-order chi connectivity index (χ0) is 70.3. The summed E-state index contributed by atoms with van der Waals surface area (Å²) in [5, 5.41) is 5.68. The van der Waals surface area contributed by atoms with Crippen LogP contribution in [0.3, 0.4) is 0 Å². The molecule has 0 amide bonds. The fraction of sp³-hybridized carbons (Fsp3) is 0. The Hall–Kier alpha value is -14.6. The third-order valence-electron chi connectivity index (χ3n) is 19.4. The molecule has 0 spiro atoms. The van der Waals surface area contributed by atoms with Gasteiger partial charge in [0.25, 0.3) is 0 Å². The van der Waals surface area contributed by atoms with Crippen molar-refractivity contribution in [3.63, 3.8) is 0 Å². The van der Waals surface area contributed by atoms with E-state index in [9.17, 15) is 0 Å². The first-order valence-electron chi connectivity index (χ1n) is 35.0. The largest absolute Gasteiger partial charge is 0.455 e. The lowest BCUT2D eigenvalue weighted by Crippen LogP contribution is -1.96. The molecule has 20 rings (SSSR count). The van der Waals surface area contributed by atoms with Gasteiger partial charge in [0, 0.05) is 132 Å². The van der Waals surface area contributed by atoms with Gasteiger partial charge in [-0.25, -0.2) is 29.9 Å². The SMILES string of the molecule is c1ccc(-c2ccc(-c3nc(-c4ccc5nc(-c6ccccc6)c6c(-c7cccnc7)c(-c7cccnc7)oc6c5c4)nc4ccccc34)cc2)cc1.c1ccc(-c2nc(-c3ccc(-c4ccc5nc(-c6ccccc6)c6c(-c7ccncc7)c(-c7ccncc7)oc6c5c4)cc3)c3ccccc3n2)cc1. The Morgan fingerprint density at radius 2 is 0.557 bits per heavy atom. The number of hydrogen-bond acceptors (Lipinski definition) is 12. The normalized spacial score (nSPS) is 11.4. The number of benzene rings is 10. The van der Waals surface area contributed by atoms with Gasteiger partial charge in [-0.3, -0.25) is 19.9 Å². The summed E-state index contributed by atoms with van der Waals surface area (Å²) in [4.78, 5) is 48.4. The van der Waals surface area contributed by atoms with Gasteiger partial charge in [0.1, 0.15) is 22.7 Å². The molecule has 0 saturated carbocycles. The van der Waals surface area contributed by atoms with E-state index in [1.54, 1.807) is 24.8 Å². The second-order valence-corrected chi connectivity index (χ2v) is 25.8. The molecule has 496 valence electrons. The first kappa shape index (κ1) is 62.4. The number of hydrogen-bond donors (Lipinski definition) is 0. The zero-order valence-electron chi connectivity index (χ0n) is 56.8. The van der Waals surface area contributed by atoms with E-state index >= 15 is 0 Å². The van der Waals surface area contributed by atoms with Crippen molar-refractivity contribution in [2.24, 2.45) is 0 Å². The van der Waals surface area contributed by atoms with Crippen LogP contribution in [0, 0.1) is 0 Å². The third kappa shape index (κ3) is 11.6. The van der Waals surface area contributed by atoms with E-state index in [0.717, 1.165) is 178 Å². The molecular weight excluding hydrogens is 1300 g/mol. The van der Waals surface area contributed by atoms with Crippen LogP contribution in [0.15, 0.2) is 362 Å². The lowest BCUT2D eigenvalue weighted by molar-refractivity contribution is 0.635. The molecule has 0 aliphatic rings. The molecule has 0 saturated heterocycles. The third-order valence-corrected chi connectivity index (χ3v) is 19.4. The van der Waals surface area contributed by atoms with Crippen LogP contribution in [0.1, 0.15) is 0 Å². The predicted molar refractivity (Wildman–Crippen MR) is 426 cm³/mol. The van der Waals surface area contributed by atoms with Gasteiger partial charge in [-0.15, -0.1) is 0 Å². The molecule has 0 atom stereocenters. The van der Waals surface area contributed by atoms with Gasteiger partial charge in [-0.2, -0.15) is 0 Å². The number of rotatable bonds is 12. The van der Waals surface area contributed by atoms with Crippen molar-refractivity contribution in [1.29, 1.82) is 0 Å². The standard InChI is InChI=1S/2C47H29N5O/c1-3-11-30(12-4-1)31-19-21-33(22-20-31)43-37-17-7-8-18-39(37)51-47(52-43)34-23-24-40-38(27-34)46-42(44(50-40)32-13-5-2-6-14-32)41(35-15-9-25-48-28-35)45(53-46)36-16-10-26-49-29-36;1-3-9-32(10-4-1)44-42-41(31-21-25-48-26-22-31)45(34-23-27-49-28-24-34)53-46(42)38-29-36(19-20-40(38)50-44)30-15-17-33(18-16-30)43-37-13-7-8-14-39(37)51-47(52-43)35-11-5-2-6-12-35/h2*1-29H. The first-order valence-corrected chi connectivity index (χ1v) is 35.0. The first-order chi connectivity index (χ1) is 52.6. The van der Waals surface area contributed by atoms with Crippen LogP contribution in [0.4, 0.5) is 0 Å². The topological polar surface area (TPSA) is 155 Å². The Morgan fingerprint density at radius 1 is 0.198 bits per heavy atom. The molecule has 10 heterocycles. The molecule has 0 radical (unpaired) electrons. The number of furan rings is 2. The highest BCUT2D eigenvalue weighted by molar-refractivity contribution is 6.19. The molecule has 20 aromatic rings. The Kier molecular flexibility index (Phi) is 15.9. The Balaban J connectivity index is 0.000000145. The van der Waals surface area contributed by atoms with Crippen LogP contribution < -0.4 is 0 Å². The van der Waals surface area contributed by atoms with E-state index < -0.39 is 0 Å². The Labute approximate surface area is 608 Å². The van der Waals surface area contributed by atoms with Crippen molar-refractivity contribution in [2.45, 2.75) is 0 Å². The van der Waals surface area contributed by atoms with Crippen molar-refractivity contribution >= 4 is 65.6 Å². The van der Waals surface area contributed by atoms with Gasteiger partial charge >= 0.3 is 0 Å². The zero-order valence-corrected chi connectivity index (χ0v) is 56.8. The number of pyridine rings is 6. The number of para-hydroxylation sites is 2. The minimum atomic E-state index is 0.625. The summed E-state index contributed by atoms with van der Waals surface area (Å²) in [6.45, 7) is 0. The molecular formula is C94H58N10O2. The summed E-state index contributed by atoms with van der Waals surface area (Å²) in [7, 11) is 0. The quantitative estimate of drug-likeness (QED) is 0.114. The molecule has 12 nitrogen and oxygen atoms in total. The van der Waals surface area contributed by atoms with Gasteiger partial charge in [0.2, 0.25) is 0 Å². The van der Waals surface area contributed by atoms with Gasteiger partial charge in [0.15, 0.2) is 11.6 Å². The molecule has 12 heteroatoms. The van der Waals surface area contributed by atoms with Gasteiger partial charge in [-0.05, 0) is 113 Å². The maximum absolute atomic E-state index is 6.97. The van der Waals surface area contributed by atoms with Crippen LogP contribution in [-0.4, -0.2) is 49.8 Å². The molecule has 0 aliphatic carbocycles. The highest BCUT2D eigenvalue weighted by atomic mass is 16.3. The predicted octanol–water partition coefficient (Wildman–Crippen LogP) is 23.4. The molecule has 10 aromatic carbocycles. The van der Waals surface area contributed by atoms with E-state index in [4.69, 9.17) is 38.7 Å². The summed E-state index contributed by atoms with van der Waals surface area (Å²) < 4.78 is 13.9. The molecule has 0 aliphatic heterocycles. The lowest BCUT2D eigenvalue weighted by Gasteiger charge is -2.12. The summed E-state index contributed by atoms with van der Waals surface area (Å²) in [6, 6.07) is 103. The second kappa shape index (κ2) is 27.0. The number of fused-ring (bicyclic) bond motifs is 8. The van der Waals surface area contributed by atoms with E-state index in [1.807, 2.05) is 183 Å². The number of nitrogens with zero attached hydrogens (tertiary/aromatic N) is 10. The van der Waals surface area contributed by atoms with E-state index in [0.29, 0.717) is 17.4 Å². The lowest BCUT2D eigenvalue weighted by atomic mass is 9.94. The molecule has 0 bridgehead atoms. The van der Waals surface area contributed by atoms with Crippen molar-refractivity contribution in [1.82, 2.24) is 49.8 Å². The van der Waals surface area contributed by atoms with Crippen molar-refractivity contribution < 1.29 is 8.83 Å². The fourth-order valence-corrected chi connectivity index (χ4v) is 14.3. The minimum Gasteiger partial charge on any atom is -0.455 e. The fourth-order valence-electron chi connectivity index (χ4n) is 14.3. The minimum absolute atomic E-state index is 0.625. The molecule has 0 N–H and O–H groups in total. The van der Waals surface area contributed by atoms with Gasteiger partial charge in [-0.1, -0.05) is 218 Å². The Bertz CT molecular complexity index is 6630. The molecule has 0 fully saturated rings. The summed E-state index contributed by atoms with van der Waals surface area (Å²) in [5.74, 6) is 2.81. The summed E-state index contributed by atoms with van der Waals surface area (Å²) >= 11 is 0. The maximum atomic E-state index is 6.97. The van der Waals surface area contributed by atoms with Crippen LogP contribution in [0.25, 0.3) is 201 Å².